The van der Waals surface area contributed by atoms with Gasteiger partial charge in [0.1, 0.15) is 5.82 Å². The lowest BCUT2D eigenvalue weighted by atomic mass is 9.80. The van der Waals surface area contributed by atoms with E-state index in [0.717, 1.165) is 12.1 Å². The van der Waals surface area contributed by atoms with Crippen molar-refractivity contribution in [1.29, 1.82) is 0 Å². The van der Waals surface area contributed by atoms with Crippen LogP contribution < -0.4 is 10.3 Å². The summed E-state index contributed by atoms with van der Waals surface area (Å²) in [4.78, 5) is 14.3. The molecule has 1 heterocycles. The number of benzene rings is 2. The highest BCUT2D eigenvalue weighted by Crippen LogP contribution is 2.44. The Morgan fingerprint density at radius 3 is 2.78 bits per heavy atom. The summed E-state index contributed by atoms with van der Waals surface area (Å²) in [6.07, 6.45) is 2.52. The molecule has 0 saturated heterocycles. The Labute approximate surface area is 164 Å². The fraction of sp³-hybridized carbons (Fsp3) is 0.333. The van der Waals surface area contributed by atoms with Gasteiger partial charge in [0, 0.05) is 23.8 Å². The number of anilines is 1. The molecule has 1 N–H and O–H groups in total. The van der Waals surface area contributed by atoms with Crippen LogP contribution >= 0.6 is 11.6 Å². The largest absolute Gasteiger partial charge is 0.369 e. The molecule has 1 aliphatic rings. The number of rotatable bonds is 3. The van der Waals surface area contributed by atoms with E-state index in [1.54, 1.807) is 6.07 Å². The van der Waals surface area contributed by atoms with Crippen LogP contribution in [0, 0.1) is 5.82 Å². The molecule has 0 bridgehead atoms. The normalized spacial score (nSPS) is 18.4. The lowest BCUT2D eigenvalue weighted by Gasteiger charge is -2.45. The molecule has 0 unspecified atom stereocenters. The Hall–Kier alpha value is -2.40. The van der Waals surface area contributed by atoms with Crippen LogP contribution in [0.4, 0.5) is 10.1 Å². The molecular weight excluding hydrogens is 365 g/mol. The van der Waals surface area contributed by atoms with Crippen LogP contribution in [0.3, 0.4) is 0 Å². The first kappa shape index (κ1) is 19.4. The van der Waals surface area contributed by atoms with Crippen LogP contribution in [-0.4, -0.2) is 24.7 Å². The fourth-order valence-corrected chi connectivity index (χ4v) is 3.78. The molecule has 0 aliphatic carbocycles. The number of nitrogens with zero attached hydrogens (tertiary/aromatic N) is 2. The lowest BCUT2D eigenvalue weighted by Crippen LogP contribution is -2.45. The van der Waals surface area contributed by atoms with Gasteiger partial charge in [0.15, 0.2) is 0 Å². The monoisotopic (exact) mass is 387 g/mol. The van der Waals surface area contributed by atoms with Gasteiger partial charge in [-0.1, -0.05) is 30.7 Å². The van der Waals surface area contributed by atoms with Crippen molar-refractivity contribution in [3.63, 3.8) is 0 Å². The van der Waals surface area contributed by atoms with E-state index >= 15 is 0 Å². The SMILES string of the molecule is C[C@H]1CC(C)(C)N(C)c2cc(Cl)c(/C=N\NC(=O)c3ccccc3F)cc21. The number of hydrazone groups is 1. The van der Waals surface area contributed by atoms with Gasteiger partial charge < -0.3 is 4.90 Å². The number of hydrogen-bond acceptors (Lipinski definition) is 3. The molecule has 0 radical (unpaired) electrons. The summed E-state index contributed by atoms with van der Waals surface area (Å²) >= 11 is 6.43. The number of nitrogens with one attached hydrogen (secondary N) is 1. The van der Waals surface area contributed by atoms with Crippen LogP contribution in [0.5, 0.6) is 0 Å². The van der Waals surface area contributed by atoms with Gasteiger partial charge in [-0.2, -0.15) is 5.10 Å². The third-order valence-electron chi connectivity index (χ3n) is 5.24. The van der Waals surface area contributed by atoms with Crippen molar-refractivity contribution < 1.29 is 9.18 Å². The molecule has 1 aliphatic heterocycles. The van der Waals surface area contributed by atoms with E-state index in [0.29, 0.717) is 16.5 Å². The van der Waals surface area contributed by atoms with Crippen molar-refractivity contribution in [2.45, 2.75) is 38.6 Å². The smallest absolute Gasteiger partial charge is 0.274 e. The fourth-order valence-electron chi connectivity index (χ4n) is 3.57. The lowest BCUT2D eigenvalue weighted by molar-refractivity contribution is 0.0951. The average molecular weight is 388 g/mol. The number of amides is 1. The minimum absolute atomic E-state index is 0.0522. The molecule has 3 rings (SSSR count). The molecule has 1 atom stereocenters. The highest BCUT2D eigenvalue weighted by Gasteiger charge is 2.34. The van der Waals surface area contributed by atoms with Gasteiger partial charge in [0.2, 0.25) is 0 Å². The van der Waals surface area contributed by atoms with Gasteiger partial charge in [-0.3, -0.25) is 4.79 Å². The van der Waals surface area contributed by atoms with Gasteiger partial charge in [-0.05, 0) is 56.0 Å². The van der Waals surface area contributed by atoms with Crippen LogP contribution in [0.1, 0.15) is 54.6 Å². The maximum absolute atomic E-state index is 13.6. The molecule has 27 heavy (non-hydrogen) atoms. The van der Waals surface area contributed by atoms with Crippen molar-refractivity contribution in [3.8, 4) is 0 Å². The molecule has 0 saturated carbocycles. The van der Waals surface area contributed by atoms with E-state index in [9.17, 15) is 9.18 Å². The first-order valence-electron chi connectivity index (χ1n) is 8.86. The van der Waals surface area contributed by atoms with E-state index in [-0.39, 0.29) is 11.1 Å². The molecule has 2 aromatic rings. The molecule has 1 amide bonds. The van der Waals surface area contributed by atoms with Gasteiger partial charge in [0.05, 0.1) is 16.8 Å². The first-order valence-corrected chi connectivity index (χ1v) is 9.23. The van der Waals surface area contributed by atoms with E-state index in [4.69, 9.17) is 11.6 Å². The van der Waals surface area contributed by atoms with E-state index in [2.05, 4.69) is 43.2 Å². The van der Waals surface area contributed by atoms with Crippen molar-refractivity contribution in [2.24, 2.45) is 5.10 Å². The minimum atomic E-state index is -0.603. The van der Waals surface area contributed by atoms with Crippen LogP contribution in [-0.2, 0) is 0 Å². The summed E-state index contributed by atoms with van der Waals surface area (Å²) < 4.78 is 13.6. The Morgan fingerprint density at radius 1 is 1.37 bits per heavy atom. The standard InChI is InChI=1S/C21H23ClFN3O/c1-13-11-21(2,3)26(4)19-10-17(22)14(9-16(13)19)12-24-25-20(27)15-7-5-6-8-18(15)23/h5-10,12-13H,11H2,1-4H3,(H,25,27)/b24-12-/t13-/m0/s1. The second-order valence-corrected chi connectivity index (χ2v) is 8.00. The van der Waals surface area contributed by atoms with E-state index < -0.39 is 11.7 Å². The van der Waals surface area contributed by atoms with Gasteiger partial charge in [-0.25, -0.2) is 9.82 Å². The van der Waals surface area contributed by atoms with Crippen molar-refractivity contribution in [1.82, 2.24) is 5.43 Å². The zero-order valence-electron chi connectivity index (χ0n) is 15.9. The summed E-state index contributed by atoms with van der Waals surface area (Å²) in [6.45, 7) is 6.63. The zero-order valence-corrected chi connectivity index (χ0v) is 16.6. The zero-order chi connectivity index (χ0) is 19.8. The number of carbonyl (C=O) groups is 1. The molecule has 0 aromatic heterocycles. The second kappa shape index (κ2) is 7.31. The maximum Gasteiger partial charge on any atom is 0.274 e. The Kier molecular flexibility index (Phi) is 5.24. The topological polar surface area (TPSA) is 44.7 Å². The van der Waals surface area contributed by atoms with Crippen molar-refractivity contribution in [2.75, 3.05) is 11.9 Å². The molecule has 4 nitrogen and oxygen atoms in total. The predicted octanol–water partition coefficient (Wildman–Crippen LogP) is 4.97. The Balaban J connectivity index is 1.82. The second-order valence-electron chi connectivity index (χ2n) is 7.59. The van der Waals surface area contributed by atoms with Crippen LogP contribution in [0.25, 0.3) is 0 Å². The third kappa shape index (κ3) is 3.83. The Morgan fingerprint density at radius 2 is 2.07 bits per heavy atom. The van der Waals surface area contributed by atoms with Crippen LogP contribution in [0.2, 0.25) is 5.02 Å². The van der Waals surface area contributed by atoms with E-state index in [1.807, 2.05) is 12.1 Å². The average Bonchev–Trinajstić information content (AvgIpc) is 2.60. The van der Waals surface area contributed by atoms with Crippen LogP contribution in [0.15, 0.2) is 41.5 Å². The highest BCUT2D eigenvalue weighted by molar-refractivity contribution is 6.33. The maximum atomic E-state index is 13.6. The number of hydrogen-bond donors (Lipinski definition) is 1. The summed E-state index contributed by atoms with van der Waals surface area (Å²) in [6, 6.07) is 9.72. The van der Waals surface area contributed by atoms with E-state index in [1.165, 1.54) is 30.0 Å². The van der Waals surface area contributed by atoms with Gasteiger partial charge in [-0.15, -0.1) is 0 Å². The summed E-state index contributed by atoms with van der Waals surface area (Å²) in [5.41, 5.74) is 5.37. The quantitative estimate of drug-likeness (QED) is 0.597. The number of carbonyl (C=O) groups excluding carboxylic acids is 1. The third-order valence-corrected chi connectivity index (χ3v) is 5.57. The highest BCUT2D eigenvalue weighted by atomic mass is 35.5. The molecule has 142 valence electrons. The first-order chi connectivity index (χ1) is 12.7. The molecular formula is C21H23ClFN3O. The summed E-state index contributed by atoms with van der Waals surface area (Å²) in [5.74, 6) is -0.812. The molecule has 0 fully saturated rings. The van der Waals surface area contributed by atoms with Crippen molar-refractivity contribution in [3.05, 3.63) is 63.9 Å². The number of halogens is 2. The predicted molar refractivity (Wildman–Crippen MR) is 108 cm³/mol. The van der Waals surface area contributed by atoms with Gasteiger partial charge >= 0.3 is 0 Å². The Bertz CT molecular complexity index is 910. The van der Waals surface area contributed by atoms with Crippen molar-refractivity contribution >= 4 is 29.4 Å². The summed E-state index contributed by atoms with van der Waals surface area (Å²) in [5, 5.41) is 4.50. The van der Waals surface area contributed by atoms with Gasteiger partial charge in [0.25, 0.3) is 5.91 Å². The molecule has 2 aromatic carbocycles. The summed E-state index contributed by atoms with van der Waals surface area (Å²) in [7, 11) is 2.07. The minimum Gasteiger partial charge on any atom is -0.369 e. The molecule has 0 spiro atoms. The number of fused-ring (bicyclic) bond motifs is 1. The molecule has 6 heteroatoms.